The first kappa shape index (κ1) is 13.6. The zero-order valence-corrected chi connectivity index (χ0v) is 13.4. The largest absolute Gasteiger partial charge is 0.362 e. The van der Waals surface area contributed by atoms with Crippen molar-refractivity contribution in [3.63, 3.8) is 0 Å². The highest BCUT2D eigenvalue weighted by Crippen LogP contribution is 2.36. The number of rotatable bonds is 2. The van der Waals surface area contributed by atoms with E-state index < -0.39 is 0 Å². The van der Waals surface area contributed by atoms with Crippen LogP contribution in [0.25, 0.3) is 11.0 Å². The summed E-state index contributed by atoms with van der Waals surface area (Å²) in [5, 5.41) is 8.58. The van der Waals surface area contributed by atoms with Crippen molar-refractivity contribution in [1.29, 1.82) is 0 Å². The third-order valence-electron chi connectivity index (χ3n) is 4.07. The fourth-order valence-corrected chi connectivity index (χ4v) is 3.64. The van der Waals surface area contributed by atoms with Crippen molar-refractivity contribution in [1.82, 2.24) is 19.7 Å². The normalized spacial score (nSPS) is 17.0. The Kier molecular flexibility index (Phi) is 3.11. The van der Waals surface area contributed by atoms with E-state index >= 15 is 0 Å². The van der Waals surface area contributed by atoms with E-state index in [2.05, 4.69) is 36.3 Å². The van der Waals surface area contributed by atoms with Crippen molar-refractivity contribution in [2.75, 3.05) is 5.32 Å². The van der Waals surface area contributed by atoms with Crippen molar-refractivity contribution < 1.29 is 4.39 Å². The Labute approximate surface area is 134 Å². The van der Waals surface area contributed by atoms with Gasteiger partial charge in [0.15, 0.2) is 5.65 Å². The van der Waals surface area contributed by atoms with Crippen LogP contribution in [0.3, 0.4) is 0 Å². The first-order valence-electron chi connectivity index (χ1n) is 7.01. The number of hydrogen-bond acceptors (Lipinski definition) is 4. The van der Waals surface area contributed by atoms with E-state index in [0.717, 1.165) is 29.4 Å². The van der Waals surface area contributed by atoms with Crippen LogP contribution in [0.2, 0.25) is 0 Å². The minimum absolute atomic E-state index is 0.0518. The zero-order chi connectivity index (χ0) is 15.3. The van der Waals surface area contributed by atoms with E-state index in [4.69, 9.17) is 0 Å². The van der Waals surface area contributed by atoms with Crippen LogP contribution in [0.5, 0.6) is 0 Å². The van der Waals surface area contributed by atoms with Crippen LogP contribution in [-0.4, -0.2) is 19.7 Å². The maximum absolute atomic E-state index is 13.5. The van der Waals surface area contributed by atoms with Gasteiger partial charge in [-0.3, -0.25) is 0 Å². The van der Waals surface area contributed by atoms with Crippen LogP contribution in [0.15, 0.2) is 29.1 Å². The fourth-order valence-electron chi connectivity index (χ4n) is 3.04. The predicted octanol–water partition coefficient (Wildman–Crippen LogP) is 3.36. The average Bonchev–Trinajstić information content (AvgIpc) is 3.02. The van der Waals surface area contributed by atoms with Gasteiger partial charge in [-0.25, -0.2) is 19.0 Å². The van der Waals surface area contributed by atoms with Crippen molar-refractivity contribution in [2.45, 2.75) is 18.9 Å². The summed E-state index contributed by atoms with van der Waals surface area (Å²) in [6, 6.07) is 5.04. The zero-order valence-electron chi connectivity index (χ0n) is 11.8. The Balaban J connectivity index is 1.76. The second-order valence-electron chi connectivity index (χ2n) is 5.41. The van der Waals surface area contributed by atoms with Gasteiger partial charge in [0, 0.05) is 7.05 Å². The molecular weight excluding hydrogens is 349 g/mol. The number of halogens is 2. The van der Waals surface area contributed by atoms with Gasteiger partial charge in [0.2, 0.25) is 0 Å². The van der Waals surface area contributed by atoms with Crippen molar-refractivity contribution in [2.24, 2.45) is 7.05 Å². The molecule has 7 heteroatoms. The van der Waals surface area contributed by atoms with E-state index in [-0.39, 0.29) is 11.9 Å². The van der Waals surface area contributed by atoms with Gasteiger partial charge < -0.3 is 5.32 Å². The Bertz CT molecular complexity index is 876. The first-order chi connectivity index (χ1) is 10.6. The lowest BCUT2D eigenvalue weighted by Gasteiger charge is -2.15. The van der Waals surface area contributed by atoms with E-state index in [1.54, 1.807) is 10.7 Å². The molecular formula is C15H13BrFN5. The van der Waals surface area contributed by atoms with Crippen LogP contribution >= 0.6 is 15.9 Å². The average molecular weight is 362 g/mol. The molecule has 2 aromatic heterocycles. The molecule has 1 N–H and O–H groups in total. The number of fused-ring (bicyclic) bond motifs is 2. The molecule has 0 amide bonds. The fraction of sp³-hybridized carbons (Fsp3) is 0.267. The third kappa shape index (κ3) is 2.08. The summed E-state index contributed by atoms with van der Waals surface area (Å²) in [5.41, 5.74) is 2.95. The molecule has 22 heavy (non-hydrogen) atoms. The lowest BCUT2D eigenvalue weighted by Crippen LogP contribution is -2.09. The summed E-state index contributed by atoms with van der Waals surface area (Å²) in [6.07, 6.45) is 3.37. The number of aryl methyl sites for hydroxylation is 2. The van der Waals surface area contributed by atoms with Crippen molar-refractivity contribution in [3.8, 4) is 0 Å². The van der Waals surface area contributed by atoms with Crippen LogP contribution < -0.4 is 5.32 Å². The van der Waals surface area contributed by atoms with Gasteiger partial charge in [-0.2, -0.15) is 5.10 Å². The summed E-state index contributed by atoms with van der Waals surface area (Å²) < 4.78 is 15.9. The summed E-state index contributed by atoms with van der Waals surface area (Å²) >= 11 is 3.45. The standard InChI is InChI=1S/C15H13BrFN5/c1-22-15-12(13(16)21-22)14(18-7-19-15)20-11-5-3-8-2-4-9(17)6-10(8)11/h2,4,6-7,11H,3,5H2,1H3,(H,18,19,20). The molecule has 4 rings (SSSR count). The molecule has 1 aromatic carbocycles. The maximum Gasteiger partial charge on any atom is 0.164 e. The molecule has 1 unspecified atom stereocenters. The van der Waals surface area contributed by atoms with Gasteiger partial charge in [0.1, 0.15) is 22.6 Å². The molecule has 112 valence electrons. The number of aromatic nitrogens is 4. The van der Waals surface area contributed by atoms with Gasteiger partial charge >= 0.3 is 0 Å². The van der Waals surface area contributed by atoms with Crippen LogP contribution in [-0.2, 0) is 13.5 Å². The highest BCUT2D eigenvalue weighted by Gasteiger charge is 2.24. The monoisotopic (exact) mass is 361 g/mol. The second kappa shape index (κ2) is 5.01. The molecule has 0 fully saturated rings. The quantitative estimate of drug-likeness (QED) is 0.760. The lowest BCUT2D eigenvalue weighted by atomic mass is 10.1. The number of benzene rings is 1. The molecule has 0 spiro atoms. The van der Waals surface area contributed by atoms with E-state index in [9.17, 15) is 4.39 Å². The highest BCUT2D eigenvalue weighted by molar-refractivity contribution is 9.10. The highest BCUT2D eigenvalue weighted by atomic mass is 79.9. The Hall–Kier alpha value is -2.02. The molecule has 0 saturated carbocycles. The molecule has 5 nitrogen and oxygen atoms in total. The molecule has 1 aliphatic carbocycles. The Morgan fingerprint density at radius 1 is 1.36 bits per heavy atom. The Morgan fingerprint density at radius 2 is 2.23 bits per heavy atom. The first-order valence-corrected chi connectivity index (χ1v) is 7.81. The molecule has 2 heterocycles. The molecule has 0 saturated heterocycles. The minimum Gasteiger partial charge on any atom is -0.362 e. The topological polar surface area (TPSA) is 55.6 Å². The molecule has 3 aromatic rings. The minimum atomic E-state index is -0.206. The Morgan fingerprint density at radius 3 is 3.09 bits per heavy atom. The van der Waals surface area contributed by atoms with Crippen LogP contribution in [0, 0.1) is 5.82 Å². The second-order valence-corrected chi connectivity index (χ2v) is 6.17. The number of hydrogen-bond donors (Lipinski definition) is 1. The summed E-state index contributed by atoms with van der Waals surface area (Å²) in [6.45, 7) is 0. The number of anilines is 1. The van der Waals surface area contributed by atoms with Gasteiger partial charge in [-0.15, -0.1) is 0 Å². The summed E-state index contributed by atoms with van der Waals surface area (Å²) in [5.74, 6) is 0.509. The van der Waals surface area contributed by atoms with Gasteiger partial charge in [0.05, 0.1) is 11.4 Å². The van der Waals surface area contributed by atoms with Crippen molar-refractivity contribution >= 4 is 32.8 Å². The third-order valence-corrected chi connectivity index (χ3v) is 4.63. The van der Waals surface area contributed by atoms with Gasteiger partial charge in [-0.1, -0.05) is 6.07 Å². The summed E-state index contributed by atoms with van der Waals surface area (Å²) in [4.78, 5) is 8.60. The lowest BCUT2D eigenvalue weighted by molar-refractivity contribution is 0.624. The molecule has 0 bridgehead atoms. The van der Waals surface area contributed by atoms with Crippen molar-refractivity contribution in [3.05, 3.63) is 46.1 Å². The predicted molar refractivity (Wildman–Crippen MR) is 85.1 cm³/mol. The molecule has 1 aliphatic rings. The maximum atomic E-state index is 13.5. The smallest absolute Gasteiger partial charge is 0.164 e. The van der Waals surface area contributed by atoms with E-state index in [1.807, 2.05) is 13.1 Å². The number of nitrogens with one attached hydrogen (secondary N) is 1. The number of nitrogens with zero attached hydrogens (tertiary/aromatic N) is 4. The van der Waals surface area contributed by atoms with E-state index in [0.29, 0.717) is 10.4 Å². The molecule has 1 atom stereocenters. The molecule has 0 aliphatic heterocycles. The summed E-state index contributed by atoms with van der Waals surface area (Å²) in [7, 11) is 1.84. The van der Waals surface area contributed by atoms with Gasteiger partial charge in [0.25, 0.3) is 0 Å². The van der Waals surface area contributed by atoms with Crippen LogP contribution in [0.1, 0.15) is 23.6 Å². The van der Waals surface area contributed by atoms with Gasteiger partial charge in [-0.05, 0) is 52.0 Å². The molecule has 0 radical (unpaired) electrons. The van der Waals surface area contributed by atoms with E-state index in [1.165, 1.54) is 18.0 Å². The SMILES string of the molecule is Cn1nc(Br)c2c(NC3CCc4ccc(F)cc43)ncnc21. The van der Waals surface area contributed by atoms with Crippen LogP contribution in [0.4, 0.5) is 10.2 Å².